The maximum atomic E-state index is 12.5. The smallest absolute Gasteiger partial charge is 0.242 e. The number of amides is 1. The number of benzene rings is 1. The highest BCUT2D eigenvalue weighted by atomic mass is 35.5. The molecule has 0 saturated heterocycles. The Morgan fingerprint density at radius 1 is 1.38 bits per heavy atom. The lowest BCUT2D eigenvalue weighted by molar-refractivity contribution is -0.123. The molecule has 0 aliphatic carbocycles. The van der Waals surface area contributed by atoms with Gasteiger partial charge in [-0.3, -0.25) is 9.48 Å². The average Bonchev–Trinajstić information content (AvgIpc) is 2.89. The van der Waals surface area contributed by atoms with E-state index in [9.17, 15) is 4.79 Å². The van der Waals surface area contributed by atoms with Gasteiger partial charge in [0, 0.05) is 34.9 Å². The van der Waals surface area contributed by atoms with Gasteiger partial charge >= 0.3 is 0 Å². The van der Waals surface area contributed by atoms with E-state index in [0.29, 0.717) is 16.5 Å². The highest BCUT2D eigenvalue weighted by Crippen LogP contribution is 2.22. The van der Waals surface area contributed by atoms with Gasteiger partial charge in [0.15, 0.2) is 0 Å². The highest BCUT2D eigenvalue weighted by molar-refractivity contribution is 6.35. The van der Waals surface area contributed by atoms with Crippen LogP contribution in [-0.4, -0.2) is 28.8 Å². The monoisotopic (exact) mass is 390 g/mol. The lowest BCUT2D eigenvalue weighted by Crippen LogP contribution is -2.41. The van der Waals surface area contributed by atoms with Gasteiger partial charge in [-0.15, -0.1) is 12.4 Å². The molecular formula is C16H21Cl3N4O. The molecule has 2 unspecified atom stereocenters. The summed E-state index contributed by atoms with van der Waals surface area (Å²) in [5.74, 6) is -0.0990. The van der Waals surface area contributed by atoms with E-state index >= 15 is 0 Å². The largest absolute Gasteiger partial charge is 0.352 e. The predicted molar refractivity (Wildman–Crippen MR) is 100 cm³/mol. The number of likely N-dealkylation sites (N-methyl/N-ethyl adjacent to an activating group) is 1. The van der Waals surface area contributed by atoms with E-state index in [4.69, 9.17) is 23.2 Å². The maximum Gasteiger partial charge on any atom is 0.242 e. The van der Waals surface area contributed by atoms with Crippen LogP contribution in [0.1, 0.15) is 24.1 Å². The average molecular weight is 392 g/mol. The fourth-order valence-corrected chi connectivity index (χ4v) is 2.92. The topological polar surface area (TPSA) is 59.0 Å². The first-order valence-electron chi connectivity index (χ1n) is 7.30. The number of carbonyl (C=O) groups is 1. The molecule has 2 N–H and O–H groups in total. The van der Waals surface area contributed by atoms with Crippen LogP contribution >= 0.6 is 35.6 Å². The van der Waals surface area contributed by atoms with E-state index in [1.54, 1.807) is 30.1 Å². The molecule has 8 heteroatoms. The summed E-state index contributed by atoms with van der Waals surface area (Å²) in [6, 6.07) is 4.88. The minimum Gasteiger partial charge on any atom is -0.352 e. The first kappa shape index (κ1) is 20.8. The summed E-state index contributed by atoms with van der Waals surface area (Å²) in [6.07, 6.45) is 4.13. The molecule has 0 spiro atoms. The fourth-order valence-electron chi connectivity index (χ4n) is 2.43. The standard InChI is InChI=1S/C16H20Cl2N4O.ClH/c1-10(6-11-4-5-13(17)7-14(11)18)21-16(23)15(19-2)12-8-20-22(3)9-12;/h4-5,7-10,15,19H,6H2,1-3H3,(H,21,23);1H. The van der Waals surface area contributed by atoms with Gasteiger partial charge in [0.05, 0.1) is 6.20 Å². The van der Waals surface area contributed by atoms with E-state index in [1.165, 1.54) is 0 Å². The molecular weight excluding hydrogens is 371 g/mol. The third-order valence-electron chi connectivity index (χ3n) is 3.54. The molecule has 1 aromatic heterocycles. The summed E-state index contributed by atoms with van der Waals surface area (Å²) in [6.45, 7) is 1.94. The molecule has 1 aromatic carbocycles. The maximum absolute atomic E-state index is 12.5. The third-order valence-corrected chi connectivity index (χ3v) is 4.13. The molecule has 0 bridgehead atoms. The third kappa shape index (κ3) is 5.38. The molecule has 5 nitrogen and oxygen atoms in total. The van der Waals surface area contributed by atoms with Crippen LogP contribution < -0.4 is 10.6 Å². The van der Waals surface area contributed by atoms with Crippen molar-refractivity contribution >= 4 is 41.5 Å². The minimum absolute atomic E-state index is 0. The summed E-state index contributed by atoms with van der Waals surface area (Å²) in [5.41, 5.74) is 1.77. The Labute approximate surface area is 158 Å². The predicted octanol–water partition coefficient (Wildman–Crippen LogP) is 3.16. The molecule has 1 amide bonds. The van der Waals surface area contributed by atoms with Gasteiger partial charge in [-0.1, -0.05) is 29.3 Å². The van der Waals surface area contributed by atoms with Gasteiger partial charge < -0.3 is 10.6 Å². The van der Waals surface area contributed by atoms with Crippen molar-refractivity contribution in [1.82, 2.24) is 20.4 Å². The van der Waals surface area contributed by atoms with Crippen molar-refractivity contribution in [2.24, 2.45) is 7.05 Å². The Morgan fingerprint density at radius 2 is 2.08 bits per heavy atom. The molecule has 2 atom stereocenters. The second kappa shape index (κ2) is 9.28. The lowest BCUT2D eigenvalue weighted by Gasteiger charge is -2.19. The molecule has 2 rings (SSSR count). The summed E-state index contributed by atoms with van der Waals surface area (Å²) >= 11 is 12.1. The lowest BCUT2D eigenvalue weighted by atomic mass is 10.1. The number of aryl methyl sites for hydroxylation is 1. The number of carbonyl (C=O) groups excluding carboxylic acids is 1. The van der Waals surface area contributed by atoms with E-state index in [0.717, 1.165) is 11.1 Å². The zero-order valence-electron chi connectivity index (χ0n) is 13.7. The Balaban J connectivity index is 0.00000288. The molecule has 1 heterocycles. The van der Waals surface area contributed by atoms with Crippen LogP contribution in [0.25, 0.3) is 0 Å². The molecule has 0 aliphatic rings. The molecule has 0 aliphatic heterocycles. The summed E-state index contributed by atoms with van der Waals surface area (Å²) in [4.78, 5) is 12.5. The van der Waals surface area contributed by atoms with Crippen LogP contribution in [0.5, 0.6) is 0 Å². The van der Waals surface area contributed by atoms with Crippen LogP contribution in [0.15, 0.2) is 30.6 Å². The number of rotatable bonds is 6. The number of hydrogen-bond acceptors (Lipinski definition) is 3. The van der Waals surface area contributed by atoms with Gasteiger partial charge in [0.2, 0.25) is 5.91 Å². The number of nitrogens with zero attached hydrogens (tertiary/aromatic N) is 2. The van der Waals surface area contributed by atoms with E-state index in [2.05, 4.69) is 15.7 Å². The van der Waals surface area contributed by atoms with Crippen LogP contribution in [0, 0.1) is 0 Å². The fraction of sp³-hybridized carbons (Fsp3) is 0.375. The molecule has 0 fully saturated rings. The van der Waals surface area contributed by atoms with E-state index in [-0.39, 0.29) is 24.4 Å². The van der Waals surface area contributed by atoms with Crippen LogP contribution in [0.3, 0.4) is 0 Å². The number of aromatic nitrogens is 2. The SMILES string of the molecule is CNC(C(=O)NC(C)Cc1ccc(Cl)cc1Cl)c1cnn(C)c1.Cl. The van der Waals surface area contributed by atoms with Crippen LogP contribution in [0.4, 0.5) is 0 Å². The van der Waals surface area contributed by atoms with Crippen molar-refractivity contribution in [1.29, 1.82) is 0 Å². The first-order chi connectivity index (χ1) is 10.9. The van der Waals surface area contributed by atoms with Crippen molar-refractivity contribution in [3.8, 4) is 0 Å². The highest BCUT2D eigenvalue weighted by Gasteiger charge is 2.21. The van der Waals surface area contributed by atoms with Crippen LogP contribution in [-0.2, 0) is 18.3 Å². The first-order valence-corrected chi connectivity index (χ1v) is 8.06. The summed E-state index contributed by atoms with van der Waals surface area (Å²) in [7, 11) is 3.57. The van der Waals surface area contributed by atoms with Gasteiger partial charge in [0.25, 0.3) is 0 Å². The van der Waals surface area contributed by atoms with Gasteiger partial charge in [-0.2, -0.15) is 5.10 Å². The molecule has 0 radical (unpaired) electrons. The van der Waals surface area contributed by atoms with Crippen molar-refractivity contribution in [3.63, 3.8) is 0 Å². The molecule has 2 aromatic rings. The Kier molecular flexibility index (Phi) is 8.03. The second-order valence-electron chi connectivity index (χ2n) is 5.52. The quantitative estimate of drug-likeness (QED) is 0.795. The number of halogens is 3. The van der Waals surface area contributed by atoms with E-state index < -0.39 is 6.04 Å². The second-order valence-corrected chi connectivity index (χ2v) is 6.36. The van der Waals surface area contributed by atoms with E-state index in [1.807, 2.05) is 26.2 Å². The van der Waals surface area contributed by atoms with Crippen LogP contribution in [0.2, 0.25) is 10.0 Å². The molecule has 0 saturated carbocycles. The molecule has 132 valence electrons. The number of hydrogen-bond donors (Lipinski definition) is 2. The van der Waals surface area contributed by atoms with Crippen molar-refractivity contribution in [3.05, 3.63) is 51.8 Å². The van der Waals surface area contributed by atoms with Gasteiger partial charge in [0.1, 0.15) is 6.04 Å². The Morgan fingerprint density at radius 3 is 2.62 bits per heavy atom. The van der Waals surface area contributed by atoms with Crippen molar-refractivity contribution in [2.75, 3.05) is 7.05 Å². The molecule has 24 heavy (non-hydrogen) atoms. The Hall–Kier alpha value is -1.27. The normalized spacial score (nSPS) is 13.0. The van der Waals surface area contributed by atoms with Crippen molar-refractivity contribution in [2.45, 2.75) is 25.4 Å². The summed E-state index contributed by atoms with van der Waals surface area (Å²) in [5, 5.41) is 11.3. The van der Waals surface area contributed by atoms with Crippen molar-refractivity contribution < 1.29 is 4.79 Å². The zero-order valence-corrected chi connectivity index (χ0v) is 16.0. The minimum atomic E-state index is -0.438. The Bertz CT molecular complexity index is 690. The number of nitrogens with one attached hydrogen (secondary N) is 2. The zero-order chi connectivity index (χ0) is 17.0. The van der Waals surface area contributed by atoms with Gasteiger partial charge in [-0.05, 0) is 38.1 Å². The summed E-state index contributed by atoms with van der Waals surface area (Å²) < 4.78 is 1.67. The van der Waals surface area contributed by atoms with Gasteiger partial charge in [-0.25, -0.2) is 0 Å².